The summed E-state index contributed by atoms with van der Waals surface area (Å²) in [4.78, 5) is 4.29. The van der Waals surface area contributed by atoms with Gasteiger partial charge in [-0.25, -0.2) is 9.66 Å². The van der Waals surface area contributed by atoms with Gasteiger partial charge in [-0.3, -0.25) is 5.43 Å². The first-order valence-electron chi connectivity index (χ1n) is 5.55. The molecule has 0 aliphatic carbocycles. The van der Waals surface area contributed by atoms with Crippen LogP contribution in [0.4, 0.5) is 0 Å². The number of aromatic nitrogens is 2. The number of hydrogen-bond donors (Lipinski definition) is 2. The molecule has 0 spiro atoms. The first kappa shape index (κ1) is 12.0. The lowest BCUT2D eigenvalue weighted by atomic mass is 10.2. The third kappa shape index (κ3) is 2.30. The molecular formula is C12H15N3OS. The zero-order valence-corrected chi connectivity index (χ0v) is 10.7. The Balaban J connectivity index is 2.66. The van der Waals surface area contributed by atoms with E-state index in [4.69, 9.17) is 12.2 Å². The highest BCUT2D eigenvalue weighted by Gasteiger charge is 2.07. The minimum absolute atomic E-state index is 0.601. The fourth-order valence-corrected chi connectivity index (χ4v) is 1.83. The van der Waals surface area contributed by atoms with Gasteiger partial charge in [-0.2, -0.15) is 0 Å². The molecular weight excluding hydrogens is 234 g/mol. The summed E-state index contributed by atoms with van der Waals surface area (Å²) < 4.78 is 2.32. The van der Waals surface area contributed by atoms with Crippen LogP contribution in [0.15, 0.2) is 24.4 Å². The van der Waals surface area contributed by atoms with Crippen molar-refractivity contribution < 1.29 is 5.11 Å². The summed E-state index contributed by atoms with van der Waals surface area (Å²) >= 11 is 5.34. The molecule has 0 aliphatic rings. The number of aliphatic hydroxyl groups excluding tert-OH is 1. The summed E-state index contributed by atoms with van der Waals surface area (Å²) in [6.45, 7) is 3.85. The molecule has 2 N–H and O–H groups in total. The lowest BCUT2D eigenvalue weighted by molar-refractivity contribution is 0.184. The predicted molar refractivity (Wildman–Crippen MR) is 71.0 cm³/mol. The number of fused-ring (bicyclic) bond motifs is 1. The van der Waals surface area contributed by atoms with Gasteiger partial charge in [0.05, 0.1) is 0 Å². The molecule has 1 atom stereocenters. The molecule has 17 heavy (non-hydrogen) atoms. The van der Waals surface area contributed by atoms with Crippen molar-refractivity contribution in [1.82, 2.24) is 9.66 Å². The highest BCUT2D eigenvalue weighted by molar-refractivity contribution is 7.71. The zero-order valence-electron chi connectivity index (χ0n) is 9.84. The lowest BCUT2D eigenvalue weighted by Gasteiger charge is -2.17. The Morgan fingerprint density at radius 3 is 3.06 bits per heavy atom. The normalized spacial score (nSPS) is 12.6. The van der Waals surface area contributed by atoms with Crippen LogP contribution in [0.3, 0.4) is 0 Å². The van der Waals surface area contributed by atoms with Crippen LogP contribution < -0.4 is 5.43 Å². The summed E-state index contributed by atoms with van der Waals surface area (Å²) in [5.74, 6) is 0. The van der Waals surface area contributed by atoms with Gasteiger partial charge in [0.2, 0.25) is 0 Å². The highest BCUT2D eigenvalue weighted by Crippen LogP contribution is 2.14. The van der Waals surface area contributed by atoms with E-state index in [1.54, 1.807) is 10.9 Å². The van der Waals surface area contributed by atoms with Gasteiger partial charge < -0.3 is 5.11 Å². The summed E-state index contributed by atoms with van der Waals surface area (Å²) in [5, 5.41) is 10.7. The monoisotopic (exact) mass is 249 g/mol. The second-order valence-electron chi connectivity index (χ2n) is 3.94. The van der Waals surface area contributed by atoms with E-state index in [0.29, 0.717) is 11.1 Å². The molecule has 0 amide bonds. The quantitative estimate of drug-likeness (QED) is 0.647. The lowest BCUT2D eigenvalue weighted by Crippen LogP contribution is -2.28. The minimum atomic E-state index is -0.631. The van der Waals surface area contributed by atoms with E-state index < -0.39 is 6.23 Å². The van der Waals surface area contributed by atoms with E-state index in [2.05, 4.69) is 10.4 Å². The maximum atomic E-state index is 9.68. The topological polar surface area (TPSA) is 50.1 Å². The van der Waals surface area contributed by atoms with Crippen molar-refractivity contribution in [1.29, 1.82) is 0 Å². The third-order valence-electron chi connectivity index (χ3n) is 2.61. The van der Waals surface area contributed by atoms with Crippen LogP contribution in [0, 0.1) is 11.6 Å². The average Bonchev–Trinajstić information content (AvgIpc) is 2.34. The summed E-state index contributed by atoms with van der Waals surface area (Å²) in [7, 11) is 0. The van der Waals surface area contributed by atoms with Gasteiger partial charge in [-0.05, 0) is 37.1 Å². The van der Waals surface area contributed by atoms with Crippen molar-refractivity contribution >= 4 is 23.3 Å². The van der Waals surface area contributed by atoms with Crippen molar-refractivity contribution in [3.05, 3.63) is 34.6 Å². The number of aliphatic hydroxyl groups is 1. The van der Waals surface area contributed by atoms with E-state index >= 15 is 0 Å². The largest absolute Gasteiger partial charge is 0.372 e. The number of pyridine rings is 2. The first-order valence-corrected chi connectivity index (χ1v) is 5.96. The SMILES string of the molecule is CCC(O)Nn1c(=S)c(C)cc2cccnc21. The molecule has 0 fully saturated rings. The predicted octanol–water partition coefficient (Wildman–Crippen LogP) is 2.35. The highest BCUT2D eigenvalue weighted by atomic mass is 32.1. The third-order valence-corrected chi connectivity index (χ3v) is 3.11. The van der Waals surface area contributed by atoms with E-state index in [-0.39, 0.29) is 0 Å². The molecule has 0 saturated carbocycles. The molecule has 90 valence electrons. The first-order chi connectivity index (χ1) is 8.13. The van der Waals surface area contributed by atoms with E-state index in [1.165, 1.54) is 0 Å². The molecule has 0 bridgehead atoms. The number of aryl methyl sites for hydroxylation is 1. The van der Waals surface area contributed by atoms with Gasteiger partial charge in [0.1, 0.15) is 10.9 Å². The van der Waals surface area contributed by atoms with E-state index in [1.807, 2.05) is 32.0 Å². The van der Waals surface area contributed by atoms with E-state index in [0.717, 1.165) is 16.6 Å². The summed E-state index contributed by atoms with van der Waals surface area (Å²) in [6.07, 6.45) is 1.68. The van der Waals surface area contributed by atoms with Crippen LogP contribution in [-0.4, -0.2) is 21.0 Å². The molecule has 0 aliphatic heterocycles. The Hall–Kier alpha value is -1.46. The smallest absolute Gasteiger partial charge is 0.159 e. The molecule has 0 saturated heterocycles. The number of hydrogen-bond acceptors (Lipinski definition) is 4. The van der Waals surface area contributed by atoms with Gasteiger partial charge >= 0.3 is 0 Å². The Morgan fingerprint density at radius 2 is 2.35 bits per heavy atom. The van der Waals surface area contributed by atoms with E-state index in [9.17, 15) is 5.11 Å². The Bertz CT molecular complexity index is 594. The molecule has 0 radical (unpaired) electrons. The van der Waals surface area contributed by atoms with Crippen molar-refractivity contribution in [2.45, 2.75) is 26.5 Å². The second kappa shape index (κ2) is 4.81. The Labute approximate surface area is 105 Å². The Morgan fingerprint density at radius 1 is 1.59 bits per heavy atom. The standard InChI is InChI=1S/C12H15N3OS/c1-3-10(16)14-15-11-9(5-4-6-13-11)7-8(2)12(15)17/h4-7,10,14,16H,3H2,1-2H3. The van der Waals surface area contributed by atoms with Crippen LogP contribution in [0.5, 0.6) is 0 Å². The molecule has 0 aromatic carbocycles. The fourth-order valence-electron chi connectivity index (χ4n) is 1.64. The van der Waals surface area contributed by atoms with Crippen LogP contribution in [0.2, 0.25) is 0 Å². The Kier molecular flexibility index (Phi) is 3.40. The fraction of sp³-hybridized carbons (Fsp3) is 0.333. The van der Waals surface area contributed by atoms with Crippen molar-refractivity contribution in [2.24, 2.45) is 0 Å². The van der Waals surface area contributed by atoms with Crippen molar-refractivity contribution in [2.75, 3.05) is 5.43 Å². The second-order valence-corrected chi connectivity index (χ2v) is 4.32. The van der Waals surface area contributed by atoms with Gasteiger partial charge in [-0.1, -0.05) is 19.1 Å². The molecule has 5 heteroatoms. The maximum absolute atomic E-state index is 9.68. The molecule has 2 aromatic heterocycles. The van der Waals surface area contributed by atoms with Gasteiger partial charge in [0, 0.05) is 11.6 Å². The van der Waals surface area contributed by atoms with Crippen molar-refractivity contribution in [3.63, 3.8) is 0 Å². The van der Waals surface area contributed by atoms with Gasteiger partial charge in [-0.15, -0.1) is 0 Å². The number of nitrogens with zero attached hydrogens (tertiary/aromatic N) is 2. The summed E-state index contributed by atoms with van der Waals surface area (Å²) in [6, 6.07) is 5.85. The van der Waals surface area contributed by atoms with Gasteiger partial charge in [0.25, 0.3) is 0 Å². The van der Waals surface area contributed by atoms with Crippen LogP contribution in [0.25, 0.3) is 11.0 Å². The van der Waals surface area contributed by atoms with Crippen LogP contribution in [0.1, 0.15) is 18.9 Å². The molecule has 1 unspecified atom stereocenters. The molecule has 2 rings (SSSR count). The van der Waals surface area contributed by atoms with Crippen LogP contribution >= 0.6 is 12.2 Å². The summed E-state index contributed by atoms with van der Waals surface area (Å²) in [5.41, 5.74) is 4.66. The zero-order chi connectivity index (χ0) is 12.4. The number of nitrogens with one attached hydrogen (secondary N) is 1. The number of rotatable bonds is 3. The molecule has 4 nitrogen and oxygen atoms in total. The molecule has 2 heterocycles. The van der Waals surface area contributed by atoms with Gasteiger partial charge in [0.15, 0.2) is 5.65 Å². The average molecular weight is 249 g/mol. The minimum Gasteiger partial charge on any atom is -0.372 e. The van der Waals surface area contributed by atoms with Crippen molar-refractivity contribution in [3.8, 4) is 0 Å². The van der Waals surface area contributed by atoms with Crippen LogP contribution in [-0.2, 0) is 0 Å². The molecule has 2 aromatic rings. The maximum Gasteiger partial charge on any atom is 0.159 e.